The van der Waals surface area contributed by atoms with Gasteiger partial charge in [-0.25, -0.2) is 0 Å². The normalized spacial score (nSPS) is 16.6. The van der Waals surface area contributed by atoms with Crippen LogP contribution in [-0.2, 0) is 22.6 Å². The fraction of sp³-hybridized carbons (Fsp3) is 0.529. The van der Waals surface area contributed by atoms with E-state index in [1.807, 2.05) is 18.2 Å². The van der Waals surface area contributed by atoms with Crippen LogP contribution in [0.1, 0.15) is 31.1 Å². The molecule has 1 fully saturated rings. The molecule has 1 saturated heterocycles. The van der Waals surface area contributed by atoms with Crippen molar-refractivity contribution in [3.05, 3.63) is 35.6 Å². The molecule has 3 rings (SSSR count). The van der Waals surface area contributed by atoms with Crippen LogP contribution in [0, 0.1) is 0 Å². The second-order valence-corrected chi connectivity index (χ2v) is 5.40. The minimum atomic E-state index is 0.305. The number of para-hydroxylation sites is 1. The number of hydrogen-bond acceptors (Lipinski definition) is 4. The third-order valence-electron chi connectivity index (χ3n) is 3.95. The van der Waals surface area contributed by atoms with Crippen molar-refractivity contribution in [2.45, 2.75) is 39.0 Å². The minimum Gasteiger partial charge on any atom is -0.459 e. The van der Waals surface area contributed by atoms with E-state index >= 15 is 0 Å². The van der Waals surface area contributed by atoms with Gasteiger partial charge in [-0.3, -0.25) is 0 Å². The second-order valence-electron chi connectivity index (χ2n) is 5.40. The van der Waals surface area contributed by atoms with Crippen LogP contribution in [-0.4, -0.2) is 25.9 Å². The number of nitrogens with one attached hydrogen (secondary N) is 1. The van der Waals surface area contributed by atoms with Crippen molar-refractivity contribution in [1.82, 2.24) is 5.32 Å². The van der Waals surface area contributed by atoms with Crippen LogP contribution in [0.4, 0.5) is 0 Å². The molecule has 1 aliphatic heterocycles. The quantitative estimate of drug-likeness (QED) is 0.886. The average Bonchev–Trinajstić information content (AvgIpc) is 2.89. The third kappa shape index (κ3) is 3.46. The smallest absolute Gasteiger partial charge is 0.134 e. The molecule has 0 spiro atoms. The molecule has 1 aliphatic rings. The molecule has 21 heavy (non-hydrogen) atoms. The zero-order chi connectivity index (χ0) is 14.5. The Morgan fingerprint density at radius 2 is 2.05 bits per heavy atom. The van der Waals surface area contributed by atoms with Gasteiger partial charge >= 0.3 is 0 Å². The summed E-state index contributed by atoms with van der Waals surface area (Å²) < 4.78 is 17.4. The van der Waals surface area contributed by atoms with Crippen LogP contribution in [0.5, 0.6) is 0 Å². The number of hydrogen-bond donors (Lipinski definition) is 1. The van der Waals surface area contributed by atoms with Gasteiger partial charge in [-0.05, 0) is 25.5 Å². The summed E-state index contributed by atoms with van der Waals surface area (Å²) in [5.41, 5.74) is 2.12. The van der Waals surface area contributed by atoms with E-state index in [4.69, 9.17) is 13.9 Å². The second kappa shape index (κ2) is 7.07. The van der Waals surface area contributed by atoms with E-state index in [-0.39, 0.29) is 0 Å². The van der Waals surface area contributed by atoms with E-state index in [1.54, 1.807) is 0 Å². The van der Waals surface area contributed by atoms with Gasteiger partial charge in [-0.1, -0.05) is 25.1 Å². The number of ether oxygens (including phenoxy) is 2. The standard InChI is InChI=1S/C17H23NO3/c1-2-18-11-17-15(12-20-13-7-9-19-10-8-13)14-5-3-4-6-16(14)21-17/h3-6,13,18H,2,7-12H2,1H3. The monoisotopic (exact) mass is 289 g/mol. The predicted molar refractivity (Wildman–Crippen MR) is 82.2 cm³/mol. The molecule has 0 unspecified atom stereocenters. The molecule has 0 amide bonds. The van der Waals surface area contributed by atoms with Gasteiger partial charge in [-0.15, -0.1) is 0 Å². The molecule has 0 saturated carbocycles. The molecule has 0 atom stereocenters. The van der Waals surface area contributed by atoms with Crippen LogP contribution in [0.15, 0.2) is 28.7 Å². The Morgan fingerprint density at radius 1 is 1.24 bits per heavy atom. The van der Waals surface area contributed by atoms with Gasteiger partial charge in [0.15, 0.2) is 0 Å². The summed E-state index contributed by atoms with van der Waals surface area (Å²) in [6.07, 6.45) is 2.27. The molecule has 0 bridgehead atoms. The van der Waals surface area contributed by atoms with Crippen LogP contribution < -0.4 is 5.32 Å². The molecule has 0 radical (unpaired) electrons. The Kier molecular flexibility index (Phi) is 4.91. The highest BCUT2D eigenvalue weighted by molar-refractivity contribution is 5.82. The third-order valence-corrected chi connectivity index (χ3v) is 3.95. The lowest BCUT2D eigenvalue weighted by Gasteiger charge is -2.22. The maximum atomic E-state index is 6.09. The van der Waals surface area contributed by atoms with Crippen molar-refractivity contribution >= 4 is 11.0 Å². The van der Waals surface area contributed by atoms with Crippen LogP contribution in [0.25, 0.3) is 11.0 Å². The summed E-state index contributed by atoms with van der Waals surface area (Å²) in [6.45, 7) is 6.00. The van der Waals surface area contributed by atoms with Gasteiger partial charge in [0.2, 0.25) is 0 Å². The Bertz CT molecular complexity index is 572. The molecule has 0 aliphatic carbocycles. The minimum absolute atomic E-state index is 0.305. The van der Waals surface area contributed by atoms with Crippen LogP contribution >= 0.6 is 0 Å². The van der Waals surface area contributed by atoms with E-state index in [1.165, 1.54) is 5.56 Å². The number of fused-ring (bicyclic) bond motifs is 1. The summed E-state index contributed by atoms with van der Waals surface area (Å²) >= 11 is 0. The first-order chi connectivity index (χ1) is 10.4. The van der Waals surface area contributed by atoms with E-state index in [2.05, 4.69) is 18.3 Å². The number of rotatable bonds is 6. The predicted octanol–water partition coefficient (Wildman–Crippen LogP) is 3.24. The SMILES string of the molecule is CCNCc1oc2ccccc2c1COC1CCOCC1. The van der Waals surface area contributed by atoms with E-state index in [0.717, 1.165) is 55.9 Å². The highest BCUT2D eigenvalue weighted by Gasteiger charge is 2.18. The molecular formula is C17H23NO3. The summed E-state index contributed by atoms with van der Waals surface area (Å²) in [5, 5.41) is 4.50. The summed E-state index contributed by atoms with van der Waals surface area (Å²) in [4.78, 5) is 0. The lowest BCUT2D eigenvalue weighted by atomic mass is 10.1. The van der Waals surface area contributed by atoms with Crippen LogP contribution in [0.2, 0.25) is 0 Å². The fourth-order valence-electron chi connectivity index (χ4n) is 2.73. The molecule has 1 N–H and O–H groups in total. The lowest BCUT2D eigenvalue weighted by molar-refractivity contribution is -0.0391. The molecule has 114 valence electrons. The zero-order valence-electron chi connectivity index (χ0n) is 12.6. The lowest BCUT2D eigenvalue weighted by Crippen LogP contribution is -2.23. The zero-order valence-corrected chi connectivity index (χ0v) is 12.6. The largest absolute Gasteiger partial charge is 0.459 e. The van der Waals surface area contributed by atoms with Gasteiger partial charge in [0, 0.05) is 24.2 Å². The van der Waals surface area contributed by atoms with Gasteiger partial charge in [-0.2, -0.15) is 0 Å². The molecule has 2 aromatic rings. The van der Waals surface area contributed by atoms with Crippen molar-refractivity contribution in [3.63, 3.8) is 0 Å². The topological polar surface area (TPSA) is 43.6 Å². The Morgan fingerprint density at radius 3 is 2.86 bits per heavy atom. The molecule has 4 heteroatoms. The molecular weight excluding hydrogens is 266 g/mol. The van der Waals surface area contributed by atoms with Crippen molar-refractivity contribution < 1.29 is 13.9 Å². The van der Waals surface area contributed by atoms with E-state index in [9.17, 15) is 0 Å². The van der Waals surface area contributed by atoms with Gasteiger partial charge in [0.1, 0.15) is 11.3 Å². The average molecular weight is 289 g/mol. The summed E-state index contributed by atoms with van der Waals surface area (Å²) in [5.74, 6) is 0.991. The van der Waals surface area contributed by atoms with Gasteiger partial charge < -0.3 is 19.2 Å². The highest BCUT2D eigenvalue weighted by Crippen LogP contribution is 2.27. The Balaban J connectivity index is 1.77. The first kappa shape index (κ1) is 14.6. The van der Waals surface area contributed by atoms with E-state index in [0.29, 0.717) is 12.7 Å². The number of benzene rings is 1. The summed E-state index contributed by atoms with van der Waals surface area (Å²) in [6, 6.07) is 8.18. The maximum Gasteiger partial charge on any atom is 0.134 e. The molecule has 1 aromatic carbocycles. The van der Waals surface area contributed by atoms with Crippen molar-refractivity contribution in [2.75, 3.05) is 19.8 Å². The van der Waals surface area contributed by atoms with Crippen LogP contribution in [0.3, 0.4) is 0 Å². The Labute approximate surface area is 125 Å². The maximum absolute atomic E-state index is 6.09. The fourth-order valence-corrected chi connectivity index (χ4v) is 2.73. The van der Waals surface area contributed by atoms with Crippen molar-refractivity contribution in [2.24, 2.45) is 0 Å². The first-order valence-electron chi connectivity index (χ1n) is 7.78. The van der Waals surface area contributed by atoms with Gasteiger partial charge in [0.25, 0.3) is 0 Å². The molecule has 4 nitrogen and oxygen atoms in total. The molecule has 2 heterocycles. The number of furan rings is 1. The van der Waals surface area contributed by atoms with E-state index < -0.39 is 0 Å². The van der Waals surface area contributed by atoms with Crippen molar-refractivity contribution in [3.8, 4) is 0 Å². The first-order valence-corrected chi connectivity index (χ1v) is 7.78. The van der Waals surface area contributed by atoms with Crippen molar-refractivity contribution in [1.29, 1.82) is 0 Å². The Hall–Kier alpha value is -1.36. The molecule has 1 aromatic heterocycles. The highest BCUT2D eigenvalue weighted by atomic mass is 16.5. The summed E-state index contributed by atoms with van der Waals surface area (Å²) in [7, 11) is 0. The van der Waals surface area contributed by atoms with Gasteiger partial charge in [0.05, 0.1) is 19.3 Å².